The van der Waals surface area contributed by atoms with Gasteiger partial charge in [0.2, 0.25) is 0 Å². The molecule has 108 valence electrons. The summed E-state index contributed by atoms with van der Waals surface area (Å²) in [4.78, 5) is 0. The van der Waals surface area contributed by atoms with E-state index in [1.165, 1.54) is 5.75 Å². The van der Waals surface area contributed by atoms with E-state index in [1.54, 1.807) is 0 Å². The monoisotopic (exact) mass is 290 g/mol. The first kappa shape index (κ1) is 15.1. The van der Waals surface area contributed by atoms with E-state index in [0.29, 0.717) is 0 Å². The van der Waals surface area contributed by atoms with E-state index in [4.69, 9.17) is 0 Å². The van der Waals surface area contributed by atoms with E-state index in [0.717, 1.165) is 23.1 Å². The molecule has 1 N–H and O–H groups in total. The molecule has 1 unspecified atom stereocenters. The predicted octanol–water partition coefficient (Wildman–Crippen LogP) is 2.92. The summed E-state index contributed by atoms with van der Waals surface area (Å²) in [6.07, 6.45) is 1.85. The third-order valence-electron chi connectivity index (χ3n) is 3.02. The first-order chi connectivity index (χ1) is 9.72. The average molecular weight is 290 g/mol. The molecule has 2 rings (SSSR count). The minimum Gasteiger partial charge on any atom is -0.311 e. The zero-order valence-corrected chi connectivity index (χ0v) is 13.1. The molecule has 0 saturated carbocycles. The maximum Gasteiger partial charge on any atom is 0.0823 e. The second kappa shape index (κ2) is 7.45. The van der Waals surface area contributed by atoms with E-state index in [2.05, 4.69) is 29.5 Å². The normalized spacial score (nSPS) is 12.8. The first-order valence-corrected chi connectivity index (χ1v) is 8.09. The molecule has 0 aliphatic heterocycles. The van der Waals surface area contributed by atoms with E-state index in [9.17, 15) is 0 Å². The van der Waals surface area contributed by atoms with E-state index < -0.39 is 0 Å². The quantitative estimate of drug-likeness (QED) is 0.851. The lowest BCUT2D eigenvalue weighted by Crippen LogP contribution is -2.22. The standard InChI is InChI=1S/C15H22N4S/c1-12(2)10-20-11-14(16-3)15-9-17-18-19(15)13-7-5-4-6-8-13/h4-9,12,14,16H,10-11H2,1-3H3. The molecule has 0 spiro atoms. The number of nitrogens with zero attached hydrogens (tertiary/aromatic N) is 3. The number of rotatable bonds is 7. The van der Waals surface area contributed by atoms with Crippen LogP contribution in [0.3, 0.4) is 0 Å². The molecule has 2 aromatic rings. The number of nitrogens with one attached hydrogen (secondary N) is 1. The maximum absolute atomic E-state index is 4.22. The minimum atomic E-state index is 0.258. The lowest BCUT2D eigenvalue weighted by atomic mass is 10.2. The topological polar surface area (TPSA) is 42.7 Å². The van der Waals surface area contributed by atoms with Crippen molar-refractivity contribution in [2.75, 3.05) is 18.6 Å². The Morgan fingerprint density at radius 1 is 1.20 bits per heavy atom. The predicted molar refractivity (Wildman–Crippen MR) is 85.3 cm³/mol. The van der Waals surface area contributed by atoms with Crippen LogP contribution in [-0.4, -0.2) is 33.5 Å². The minimum absolute atomic E-state index is 0.258. The van der Waals surface area contributed by atoms with Crippen LogP contribution in [0.5, 0.6) is 0 Å². The Labute approximate surface area is 125 Å². The van der Waals surface area contributed by atoms with Gasteiger partial charge in [-0.05, 0) is 30.9 Å². The van der Waals surface area contributed by atoms with Crippen molar-refractivity contribution in [1.29, 1.82) is 0 Å². The Hall–Kier alpha value is -1.33. The van der Waals surface area contributed by atoms with Crippen LogP contribution in [0.15, 0.2) is 36.5 Å². The number of para-hydroxylation sites is 1. The van der Waals surface area contributed by atoms with Gasteiger partial charge in [-0.25, -0.2) is 4.68 Å². The number of aromatic nitrogens is 3. The molecule has 20 heavy (non-hydrogen) atoms. The highest BCUT2D eigenvalue weighted by atomic mass is 32.2. The molecule has 0 radical (unpaired) electrons. The van der Waals surface area contributed by atoms with Gasteiger partial charge in [-0.3, -0.25) is 0 Å². The van der Waals surface area contributed by atoms with Gasteiger partial charge in [0.1, 0.15) is 0 Å². The lowest BCUT2D eigenvalue weighted by Gasteiger charge is -2.17. The first-order valence-electron chi connectivity index (χ1n) is 6.93. The molecule has 1 aromatic carbocycles. The fourth-order valence-corrected chi connectivity index (χ4v) is 3.17. The van der Waals surface area contributed by atoms with Gasteiger partial charge in [-0.2, -0.15) is 11.8 Å². The van der Waals surface area contributed by atoms with E-state index in [-0.39, 0.29) is 6.04 Å². The van der Waals surface area contributed by atoms with Gasteiger partial charge in [0.15, 0.2) is 0 Å². The molecule has 0 aliphatic carbocycles. The second-order valence-electron chi connectivity index (χ2n) is 5.18. The molecule has 0 amide bonds. The Balaban J connectivity index is 2.13. The molecule has 0 aliphatic rings. The van der Waals surface area contributed by atoms with Crippen LogP contribution < -0.4 is 5.32 Å². The molecule has 1 atom stereocenters. The van der Waals surface area contributed by atoms with Gasteiger partial charge in [0.05, 0.1) is 23.6 Å². The number of hydrogen-bond donors (Lipinski definition) is 1. The summed E-state index contributed by atoms with van der Waals surface area (Å²) in [6.45, 7) is 4.49. The molecular weight excluding hydrogens is 268 g/mol. The highest BCUT2D eigenvalue weighted by molar-refractivity contribution is 7.99. The number of thioether (sulfide) groups is 1. The molecule has 0 bridgehead atoms. The van der Waals surface area contributed by atoms with Gasteiger partial charge in [-0.15, -0.1) is 5.10 Å². The van der Waals surface area contributed by atoms with Gasteiger partial charge in [-0.1, -0.05) is 37.3 Å². The summed E-state index contributed by atoms with van der Waals surface area (Å²) in [5, 5.41) is 11.7. The van der Waals surface area contributed by atoms with Gasteiger partial charge in [0.25, 0.3) is 0 Å². The van der Waals surface area contributed by atoms with Crippen molar-refractivity contribution < 1.29 is 0 Å². The summed E-state index contributed by atoms with van der Waals surface area (Å²) in [5.74, 6) is 2.91. The van der Waals surface area contributed by atoms with Crippen molar-refractivity contribution in [2.45, 2.75) is 19.9 Å². The van der Waals surface area contributed by atoms with Crippen LogP contribution in [0, 0.1) is 5.92 Å². The van der Waals surface area contributed by atoms with Crippen molar-refractivity contribution >= 4 is 11.8 Å². The van der Waals surface area contributed by atoms with Crippen molar-refractivity contribution in [1.82, 2.24) is 20.3 Å². The van der Waals surface area contributed by atoms with Gasteiger partial charge >= 0.3 is 0 Å². The largest absolute Gasteiger partial charge is 0.311 e. The third kappa shape index (κ3) is 3.84. The van der Waals surface area contributed by atoms with Crippen LogP contribution in [0.1, 0.15) is 25.6 Å². The zero-order valence-electron chi connectivity index (χ0n) is 12.3. The summed E-state index contributed by atoms with van der Waals surface area (Å²) in [5.41, 5.74) is 2.16. The van der Waals surface area contributed by atoms with E-state index >= 15 is 0 Å². The second-order valence-corrected chi connectivity index (χ2v) is 6.25. The smallest absolute Gasteiger partial charge is 0.0823 e. The highest BCUT2D eigenvalue weighted by Crippen LogP contribution is 2.21. The number of benzene rings is 1. The van der Waals surface area contributed by atoms with Crippen LogP contribution in [0.25, 0.3) is 5.69 Å². The third-order valence-corrected chi connectivity index (χ3v) is 4.49. The fourth-order valence-electron chi connectivity index (χ4n) is 1.99. The van der Waals surface area contributed by atoms with Gasteiger partial charge in [0, 0.05) is 5.75 Å². The van der Waals surface area contributed by atoms with Crippen LogP contribution in [0.2, 0.25) is 0 Å². The highest BCUT2D eigenvalue weighted by Gasteiger charge is 2.16. The van der Waals surface area contributed by atoms with Crippen molar-refractivity contribution in [3.8, 4) is 5.69 Å². The molecule has 1 heterocycles. The van der Waals surface area contributed by atoms with Crippen molar-refractivity contribution in [3.63, 3.8) is 0 Å². The van der Waals surface area contributed by atoms with Crippen molar-refractivity contribution in [2.24, 2.45) is 5.92 Å². The summed E-state index contributed by atoms with van der Waals surface area (Å²) in [6, 6.07) is 10.4. The van der Waals surface area contributed by atoms with Crippen LogP contribution >= 0.6 is 11.8 Å². The number of hydrogen-bond acceptors (Lipinski definition) is 4. The summed E-state index contributed by atoms with van der Waals surface area (Å²) >= 11 is 1.96. The SMILES string of the molecule is CNC(CSCC(C)C)c1cnnn1-c1ccccc1. The van der Waals surface area contributed by atoms with Crippen molar-refractivity contribution in [3.05, 3.63) is 42.2 Å². The van der Waals surface area contributed by atoms with Crippen LogP contribution in [0.4, 0.5) is 0 Å². The summed E-state index contributed by atoms with van der Waals surface area (Å²) in [7, 11) is 1.99. The molecule has 1 aromatic heterocycles. The Morgan fingerprint density at radius 2 is 1.95 bits per heavy atom. The molecule has 5 heteroatoms. The Morgan fingerprint density at radius 3 is 2.60 bits per heavy atom. The molecule has 0 fully saturated rings. The Bertz CT molecular complexity index is 510. The molecule has 0 saturated heterocycles. The average Bonchev–Trinajstić information content (AvgIpc) is 2.93. The summed E-state index contributed by atoms with van der Waals surface area (Å²) < 4.78 is 1.91. The van der Waals surface area contributed by atoms with Gasteiger partial charge < -0.3 is 5.32 Å². The fraction of sp³-hybridized carbons (Fsp3) is 0.467. The van der Waals surface area contributed by atoms with Crippen LogP contribution in [-0.2, 0) is 0 Å². The van der Waals surface area contributed by atoms with E-state index in [1.807, 2.05) is 60.0 Å². The Kier molecular flexibility index (Phi) is 5.61. The molecular formula is C15H22N4S. The lowest BCUT2D eigenvalue weighted by molar-refractivity contribution is 0.609. The maximum atomic E-state index is 4.22. The molecule has 4 nitrogen and oxygen atoms in total. The zero-order chi connectivity index (χ0) is 14.4.